The lowest BCUT2D eigenvalue weighted by atomic mass is 10.0. The third kappa shape index (κ3) is 5.57. The fraction of sp³-hybridized carbons (Fsp3) is 0.286. The van der Waals surface area contributed by atoms with Crippen molar-refractivity contribution in [3.63, 3.8) is 0 Å². The van der Waals surface area contributed by atoms with Gasteiger partial charge in [-0.05, 0) is 47.4 Å². The Morgan fingerprint density at radius 1 is 1.14 bits per heavy atom. The number of carbonyl (C=O) groups is 1. The van der Waals surface area contributed by atoms with Crippen LogP contribution in [-0.4, -0.2) is 33.9 Å². The minimum absolute atomic E-state index is 0.240. The van der Waals surface area contributed by atoms with Gasteiger partial charge in [-0.1, -0.05) is 26.0 Å². The van der Waals surface area contributed by atoms with Gasteiger partial charge in [0.2, 0.25) is 0 Å². The molecule has 0 fully saturated rings. The van der Waals surface area contributed by atoms with E-state index in [0.717, 1.165) is 11.3 Å². The van der Waals surface area contributed by atoms with Crippen LogP contribution in [0.1, 0.15) is 30.9 Å². The predicted molar refractivity (Wildman–Crippen MR) is 108 cm³/mol. The highest BCUT2D eigenvalue weighted by atomic mass is 16.5. The smallest absolute Gasteiger partial charge is 0.315 e. The van der Waals surface area contributed by atoms with Crippen molar-refractivity contribution in [2.75, 3.05) is 13.2 Å². The zero-order valence-electron chi connectivity index (χ0n) is 16.1. The quantitative estimate of drug-likeness (QED) is 0.589. The third-order valence-corrected chi connectivity index (χ3v) is 4.21. The largest absolute Gasteiger partial charge is 0.492 e. The molecule has 28 heavy (non-hydrogen) atoms. The number of urea groups is 1. The van der Waals surface area contributed by atoms with Crippen LogP contribution in [0.15, 0.2) is 61.1 Å². The van der Waals surface area contributed by atoms with E-state index in [-0.39, 0.29) is 6.03 Å². The lowest BCUT2D eigenvalue weighted by molar-refractivity contribution is 0.236. The van der Waals surface area contributed by atoms with Crippen molar-refractivity contribution < 1.29 is 9.53 Å². The van der Waals surface area contributed by atoms with Crippen molar-refractivity contribution in [1.29, 1.82) is 0 Å². The molecule has 0 aliphatic heterocycles. The molecule has 1 aromatic carbocycles. The second-order valence-corrected chi connectivity index (χ2v) is 6.65. The lowest BCUT2D eigenvalue weighted by Gasteiger charge is -2.11. The molecule has 7 nitrogen and oxygen atoms in total. The van der Waals surface area contributed by atoms with Gasteiger partial charge in [-0.15, -0.1) is 0 Å². The van der Waals surface area contributed by atoms with Crippen LogP contribution < -0.4 is 15.4 Å². The Kier molecular flexibility index (Phi) is 6.62. The standard InChI is InChI=1S/C21H25N5O2/c1-16(2)18-4-6-19(7-5-18)28-13-11-23-21(27)24-15-17-8-10-22-20(14-17)26-12-3-9-25-26/h3-10,12,14,16H,11,13,15H2,1-2H3,(H2,23,24,27). The summed E-state index contributed by atoms with van der Waals surface area (Å²) in [6, 6.07) is 13.4. The van der Waals surface area contributed by atoms with Crippen molar-refractivity contribution in [2.24, 2.45) is 0 Å². The van der Waals surface area contributed by atoms with E-state index < -0.39 is 0 Å². The van der Waals surface area contributed by atoms with Crippen molar-refractivity contribution in [2.45, 2.75) is 26.3 Å². The van der Waals surface area contributed by atoms with Crippen molar-refractivity contribution in [3.05, 3.63) is 72.2 Å². The van der Waals surface area contributed by atoms with Crippen LogP contribution in [0.3, 0.4) is 0 Å². The van der Waals surface area contributed by atoms with Crippen LogP contribution in [0, 0.1) is 0 Å². The van der Waals surface area contributed by atoms with E-state index in [9.17, 15) is 4.79 Å². The van der Waals surface area contributed by atoms with Gasteiger partial charge < -0.3 is 15.4 Å². The molecule has 2 heterocycles. The molecule has 0 aliphatic carbocycles. The number of pyridine rings is 1. The maximum Gasteiger partial charge on any atom is 0.315 e. The molecule has 0 bridgehead atoms. The first-order valence-corrected chi connectivity index (χ1v) is 9.31. The first-order chi connectivity index (χ1) is 13.6. The minimum atomic E-state index is -0.240. The number of amides is 2. The number of nitrogens with one attached hydrogen (secondary N) is 2. The summed E-state index contributed by atoms with van der Waals surface area (Å²) in [7, 11) is 0. The summed E-state index contributed by atoms with van der Waals surface area (Å²) in [5.74, 6) is 2.01. The molecule has 0 aliphatic rings. The van der Waals surface area contributed by atoms with E-state index in [1.54, 1.807) is 17.1 Å². The van der Waals surface area contributed by atoms with Crippen LogP contribution in [0.4, 0.5) is 4.79 Å². The van der Waals surface area contributed by atoms with E-state index in [1.165, 1.54) is 5.56 Å². The fourth-order valence-corrected chi connectivity index (χ4v) is 2.63. The highest BCUT2D eigenvalue weighted by Crippen LogP contribution is 2.18. The summed E-state index contributed by atoms with van der Waals surface area (Å²) < 4.78 is 7.33. The Balaban J connectivity index is 1.37. The van der Waals surface area contributed by atoms with E-state index in [0.29, 0.717) is 31.4 Å². The number of benzene rings is 1. The first-order valence-electron chi connectivity index (χ1n) is 9.31. The van der Waals surface area contributed by atoms with Gasteiger partial charge in [0.05, 0.1) is 6.54 Å². The van der Waals surface area contributed by atoms with E-state index >= 15 is 0 Å². The monoisotopic (exact) mass is 379 g/mol. The van der Waals surface area contributed by atoms with E-state index in [2.05, 4.69) is 46.7 Å². The van der Waals surface area contributed by atoms with Gasteiger partial charge in [-0.3, -0.25) is 0 Å². The Morgan fingerprint density at radius 3 is 2.68 bits per heavy atom. The molecule has 7 heteroatoms. The minimum Gasteiger partial charge on any atom is -0.492 e. The number of carbonyl (C=O) groups excluding carboxylic acids is 1. The predicted octanol–water partition coefficient (Wildman–Crippen LogP) is 3.27. The van der Waals surface area contributed by atoms with Crippen LogP contribution in [-0.2, 0) is 6.54 Å². The summed E-state index contributed by atoms with van der Waals surface area (Å²) in [5.41, 5.74) is 2.22. The Morgan fingerprint density at radius 2 is 1.96 bits per heavy atom. The van der Waals surface area contributed by atoms with Gasteiger partial charge in [0.15, 0.2) is 5.82 Å². The molecule has 0 saturated carbocycles. The van der Waals surface area contributed by atoms with Gasteiger partial charge >= 0.3 is 6.03 Å². The molecule has 2 amide bonds. The SMILES string of the molecule is CC(C)c1ccc(OCCNC(=O)NCc2ccnc(-n3cccn3)c2)cc1. The second-order valence-electron chi connectivity index (χ2n) is 6.65. The molecular formula is C21H25N5O2. The molecule has 0 radical (unpaired) electrons. The number of rotatable bonds is 8. The topological polar surface area (TPSA) is 81.1 Å². The molecule has 3 aromatic rings. The molecule has 3 rings (SSSR count). The molecule has 146 valence electrons. The Hall–Kier alpha value is -3.35. The maximum atomic E-state index is 11.9. The number of nitrogens with zero attached hydrogens (tertiary/aromatic N) is 3. The summed E-state index contributed by atoms with van der Waals surface area (Å²) in [5, 5.41) is 9.77. The van der Waals surface area contributed by atoms with Crippen LogP contribution >= 0.6 is 0 Å². The molecule has 0 spiro atoms. The van der Waals surface area contributed by atoms with Gasteiger partial charge in [0, 0.05) is 25.1 Å². The Bertz CT molecular complexity index is 876. The first kappa shape index (κ1) is 19.4. The van der Waals surface area contributed by atoms with Crippen molar-refractivity contribution in [1.82, 2.24) is 25.4 Å². The second kappa shape index (κ2) is 9.55. The van der Waals surface area contributed by atoms with Crippen LogP contribution in [0.5, 0.6) is 5.75 Å². The normalized spacial score (nSPS) is 10.7. The Labute approximate surface area is 164 Å². The van der Waals surface area contributed by atoms with Gasteiger partial charge in [0.1, 0.15) is 12.4 Å². The number of hydrogen-bond acceptors (Lipinski definition) is 4. The van der Waals surface area contributed by atoms with E-state index in [4.69, 9.17) is 4.74 Å². The zero-order valence-corrected chi connectivity index (χ0v) is 16.1. The molecule has 2 aromatic heterocycles. The molecule has 0 saturated heterocycles. The summed E-state index contributed by atoms with van der Waals surface area (Å²) in [6.45, 7) is 5.55. The van der Waals surface area contributed by atoms with Crippen molar-refractivity contribution >= 4 is 6.03 Å². The van der Waals surface area contributed by atoms with Gasteiger partial charge in [-0.2, -0.15) is 5.10 Å². The highest BCUT2D eigenvalue weighted by Gasteiger charge is 2.04. The number of ether oxygens (including phenoxy) is 1. The van der Waals surface area contributed by atoms with Gasteiger partial charge in [-0.25, -0.2) is 14.5 Å². The van der Waals surface area contributed by atoms with Crippen LogP contribution in [0.2, 0.25) is 0 Å². The third-order valence-electron chi connectivity index (χ3n) is 4.21. The molecule has 0 unspecified atom stereocenters. The highest BCUT2D eigenvalue weighted by molar-refractivity contribution is 5.73. The summed E-state index contributed by atoms with van der Waals surface area (Å²) in [4.78, 5) is 16.2. The molecule has 2 N–H and O–H groups in total. The number of hydrogen-bond donors (Lipinski definition) is 2. The average Bonchev–Trinajstić information content (AvgIpc) is 3.25. The average molecular weight is 379 g/mol. The molecule has 0 atom stereocenters. The maximum absolute atomic E-state index is 11.9. The summed E-state index contributed by atoms with van der Waals surface area (Å²) in [6.07, 6.45) is 5.22. The molecular weight excluding hydrogens is 354 g/mol. The van der Waals surface area contributed by atoms with Gasteiger partial charge in [0.25, 0.3) is 0 Å². The zero-order chi connectivity index (χ0) is 19.8. The van der Waals surface area contributed by atoms with E-state index in [1.807, 2.05) is 36.5 Å². The number of aromatic nitrogens is 3. The summed E-state index contributed by atoms with van der Waals surface area (Å²) >= 11 is 0. The van der Waals surface area contributed by atoms with Crippen LogP contribution in [0.25, 0.3) is 5.82 Å². The van der Waals surface area contributed by atoms with Crippen molar-refractivity contribution in [3.8, 4) is 11.6 Å². The fourth-order valence-electron chi connectivity index (χ4n) is 2.63. The lowest BCUT2D eigenvalue weighted by Crippen LogP contribution is -2.37.